The number of halogens is 1. The molecule has 0 aromatic rings. The van der Waals surface area contributed by atoms with Crippen LogP contribution in [-0.2, 0) is 23.8 Å². The molecule has 4 fully saturated rings. The van der Waals surface area contributed by atoms with E-state index in [0.29, 0.717) is 0 Å². The topological polar surface area (TPSA) is 106 Å². The van der Waals surface area contributed by atoms with Gasteiger partial charge in [0.1, 0.15) is 17.8 Å². The second-order valence-corrected chi connectivity index (χ2v) is 8.52. The van der Waals surface area contributed by atoms with Gasteiger partial charge in [-0.25, -0.2) is 9.59 Å². The summed E-state index contributed by atoms with van der Waals surface area (Å²) in [5, 5.41) is 21.5. The molecule has 2 aliphatic heterocycles. The summed E-state index contributed by atoms with van der Waals surface area (Å²) in [4.78, 5) is 24.7. The van der Waals surface area contributed by atoms with Gasteiger partial charge in [-0.05, 0) is 19.3 Å². The number of esters is 2. The van der Waals surface area contributed by atoms with Crippen molar-refractivity contribution in [3.8, 4) is 0 Å². The van der Waals surface area contributed by atoms with Gasteiger partial charge < -0.3 is 24.4 Å². The molecule has 0 amide bonds. The van der Waals surface area contributed by atoms with Crippen molar-refractivity contribution < 1.29 is 34.0 Å². The van der Waals surface area contributed by atoms with E-state index in [0.717, 1.165) is 5.57 Å². The second-order valence-electron chi connectivity index (χ2n) is 8.26. The zero-order chi connectivity index (χ0) is 19.7. The Labute approximate surface area is 161 Å². The summed E-state index contributed by atoms with van der Waals surface area (Å²) in [6, 6.07) is 0. The lowest BCUT2D eigenvalue weighted by Crippen LogP contribution is -2.52. The largest absolute Gasteiger partial charge is 0.459 e. The first-order valence-corrected chi connectivity index (χ1v) is 9.54. The molecule has 0 aromatic carbocycles. The van der Waals surface area contributed by atoms with E-state index in [1.54, 1.807) is 6.92 Å². The van der Waals surface area contributed by atoms with Crippen LogP contribution in [-0.4, -0.2) is 64.2 Å². The van der Waals surface area contributed by atoms with Crippen molar-refractivity contribution in [3.63, 3.8) is 0 Å². The third-order valence-corrected chi connectivity index (χ3v) is 6.98. The lowest BCUT2D eigenvalue weighted by molar-refractivity contribution is -0.161. The van der Waals surface area contributed by atoms with Crippen LogP contribution in [0.5, 0.6) is 0 Å². The Morgan fingerprint density at radius 2 is 2.11 bits per heavy atom. The molecule has 8 atom stereocenters. The molecule has 2 saturated carbocycles. The number of epoxide rings is 1. The van der Waals surface area contributed by atoms with Gasteiger partial charge in [-0.2, -0.15) is 0 Å². The highest BCUT2D eigenvalue weighted by Gasteiger charge is 2.64. The van der Waals surface area contributed by atoms with Gasteiger partial charge in [0.05, 0.1) is 24.5 Å². The molecule has 148 valence electrons. The van der Waals surface area contributed by atoms with Gasteiger partial charge >= 0.3 is 11.9 Å². The van der Waals surface area contributed by atoms with Crippen molar-refractivity contribution in [3.05, 3.63) is 24.3 Å². The number of rotatable bonds is 3. The van der Waals surface area contributed by atoms with Gasteiger partial charge in [-0.15, -0.1) is 11.6 Å². The highest BCUT2D eigenvalue weighted by molar-refractivity contribution is 6.18. The highest BCUT2D eigenvalue weighted by atomic mass is 35.5. The van der Waals surface area contributed by atoms with Crippen LogP contribution >= 0.6 is 11.6 Å². The molecule has 7 nitrogen and oxygen atoms in total. The van der Waals surface area contributed by atoms with Crippen LogP contribution in [0.15, 0.2) is 24.3 Å². The number of aliphatic hydroxyl groups excluding tert-OH is 1. The van der Waals surface area contributed by atoms with Crippen LogP contribution in [0.2, 0.25) is 0 Å². The molecular formula is C19H23ClO7. The van der Waals surface area contributed by atoms with E-state index in [1.807, 2.05) is 0 Å². The molecule has 8 heteroatoms. The number of aliphatic hydroxyl groups is 2. The first-order chi connectivity index (χ1) is 12.6. The molecule has 2 heterocycles. The SMILES string of the molecule is C=C1C(=O)O[C@@H]2[C@H]1[C@@H](OC(=O)[C@]1(C)CO1)CC(=C)[C@@H]1C[C@H](O)[C@](O)(CCl)[C@H]21. The Morgan fingerprint density at radius 1 is 1.44 bits per heavy atom. The summed E-state index contributed by atoms with van der Waals surface area (Å²) in [6.07, 6.45) is -2.04. The summed E-state index contributed by atoms with van der Waals surface area (Å²) < 4.78 is 16.4. The fraction of sp³-hybridized carbons (Fsp3) is 0.684. The summed E-state index contributed by atoms with van der Waals surface area (Å²) >= 11 is 6.01. The van der Waals surface area contributed by atoms with Crippen LogP contribution in [0.25, 0.3) is 0 Å². The van der Waals surface area contributed by atoms with E-state index in [2.05, 4.69) is 13.2 Å². The molecule has 0 radical (unpaired) electrons. The summed E-state index contributed by atoms with van der Waals surface area (Å²) in [6.45, 7) is 9.85. The van der Waals surface area contributed by atoms with Crippen molar-refractivity contribution in [1.29, 1.82) is 0 Å². The first-order valence-electron chi connectivity index (χ1n) is 9.01. The fourth-order valence-electron chi connectivity index (χ4n) is 4.75. The Morgan fingerprint density at radius 3 is 2.70 bits per heavy atom. The average Bonchev–Trinajstić information content (AvgIpc) is 3.25. The standard InChI is InChI=1S/C19H23ClO7/c1-8-4-11(26-17(23)18(3)7-25-18)13-9(2)16(22)27-15(13)14-10(8)5-12(21)19(14,24)6-20/h10-15,21,24H,1-2,4-7H2,3H3/t10-,11-,12-,13+,14-,15+,18-,19+/m0/s1. The van der Waals surface area contributed by atoms with E-state index in [1.165, 1.54) is 0 Å². The number of hydrogen-bond donors (Lipinski definition) is 2. The highest BCUT2D eigenvalue weighted by Crippen LogP contribution is 2.55. The van der Waals surface area contributed by atoms with Gasteiger partial charge in [0, 0.05) is 17.9 Å². The van der Waals surface area contributed by atoms with Crippen LogP contribution in [0, 0.1) is 17.8 Å². The van der Waals surface area contributed by atoms with Gasteiger partial charge in [0.2, 0.25) is 0 Å². The zero-order valence-corrected chi connectivity index (χ0v) is 15.8. The first kappa shape index (κ1) is 18.9. The van der Waals surface area contributed by atoms with Gasteiger partial charge in [0.25, 0.3) is 0 Å². The molecular weight excluding hydrogens is 376 g/mol. The Bertz CT molecular complexity index is 730. The molecule has 0 aromatic heterocycles. The van der Waals surface area contributed by atoms with Crippen LogP contribution in [0.4, 0.5) is 0 Å². The maximum atomic E-state index is 12.4. The quantitative estimate of drug-likeness (QED) is 0.237. The third kappa shape index (κ3) is 2.67. The van der Waals surface area contributed by atoms with Crippen molar-refractivity contribution in [2.24, 2.45) is 17.8 Å². The number of fused-ring (bicyclic) bond motifs is 3. The number of hydrogen-bond acceptors (Lipinski definition) is 7. The van der Waals surface area contributed by atoms with Gasteiger partial charge in [-0.1, -0.05) is 18.7 Å². The smallest absolute Gasteiger partial charge is 0.340 e. The maximum absolute atomic E-state index is 12.4. The summed E-state index contributed by atoms with van der Waals surface area (Å²) in [5.74, 6) is -2.92. The van der Waals surface area contributed by atoms with Crippen molar-refractivity contribution >= 4 is 23.5 Å². The number of ether oxygens (including phenoxy) is 3. The summed E-state index contributed by atoms with van der Waals surface area (Å²) in [5.41, 5.74) is -1.69. The molecule has 0 bridgehead atoms. The van der Waals surface area contributed by atoms with Crippen LogP contribution in [0.1, 0.15) is 19.8 Å². The van der Waals surface area contributed by atoms with Crippen molar-refractivity contribution in [2.75, 3.05) is 12.5 Å². The monoisotopic (exact) mass is 398 g/mol. The molecule has 2 aliphatic carbocycles. The van der Waals surface area contributed by atoms with E-state index in [9.17, 15) is 19.8 Å². The van der Waals surface area contributed by atoms with E-state index in [4.69, 9.17) is 25.8 Å². The fourth-order valence-corrected chi connectivity index (χ4v) is 5.11. The van der Waals surface area contributed by atoms with Gasteiger partial charge in [0.15, 0.2) is 5.60 Å². The van der Waals surface area contributed by atoms with Crippen LogP contribution < -0.4 is 0 Å². The number of carbonyl (C=O) groups excluding carboxylic acids is 2. The Hall–Kier alpha value is -1.41. The normalized spacial score (nSPS) is 48.5. The van der Waals surface area contributed by atoms with Crippen molar-refractivity contribution in [1.82, 2.24) is 0 Å². The number of carbonyl (C=O) groups is 2. The second kappa shape index (κ2) is 6.04. The molecule has 2 saturated heterocycles. The average molecular weight is 399 g/mol. The summed E-state index contributed by atoms with van der Waals surface area (Å²) in [7, 11) is 0. The Kier molecular flexibility index (Phi) is 4.24. The van der Waals surface area contributed by atoms with E-state index in [-0.39, 0.29) is 36.8 Å². The molecule has 4 rings (SSSR count). The maximum Gasteiger partial charge on any atom is 0.340 e. The molecule has 2 N–H and O–H groups in total. The minimum absolute atomic E-state index is 0.187. The van der Waals surface area contributed by atoms with Gasteiger partial charge in [-0.3, -0.25) is 0 Å². The third-order valence-electron chi connectivity index (χ3n) is 6.55. The number of alkyl halides is 1. The molecule has 0 unspecified atom stereocenters. The molecule has 27 heavy (non-hydrogen) atoms. The lowest BCUT2D eigenvalue weighted by atomic mass is 9.76. The van der Waals surface area contributed by atoms with E-state index < -0.39 is 53.3 Å². The zero-order valence-electron chi connectivity index (χ0n) is 15.0. The lowest BCUT2D eigenvalue weighted by Gasteiger charge is -2.37. The predicted octanol–water partition coefficient (Wildman–Crippen LogP) is 0.712. The van der Waals surface area contributed by atoms with Crippen LogP contribution in [0.3, 0.4) is 0 Å². The molecule has 0 spiro atoms. The van der Waals surface area contributed by atoms with E-state index >= 15 is 0 Å². The minimum Gasteiger partial charge on any atom is -0.459 e. The Balaban J connectivity index is 1.72. The molecule has 4 aliphatic rings. The minimum atomic E-state index is -1.63. The van der Waals surface area contributed by atoms with Crippen molar-refractivity contribution in [2.45, 2.75) is 49.3 Å². The predicted molar refractivity (Wildman–Crippen MR) is 93.8 cm³/mol.